The summed E-state index contributed by atoms with van der Waals surface area (Å²) in [5.74, 6) is 0.645. The minimum Gasteiger partial charge on any atom is -0.379 e. The van der Waals surface area contributed by atoms with Gasteiger partial charge >= 0.3 is 0 Å². The molecule has 1 aromatic carbocycles. The monoisotopic (exact) mass is 367 g/mol. The van der Waals surface area contributed by atoms with Crippen LogP contribution in [0.15, 0.2) is 24.3 Å². The highest BCUT2D eigenvalue weighted by molar-refractivity contribution is 5.94. The lowest BCUT2D eigenvalue weighted by Crippen LogP contribution is -2.51. The summed E-state index contributed by atoms with van der Waals surface area (Å²) in [5, 5.41) is 10.0. The van der Waals surface area contributed by atoms with E-state index in [1.807, 2.05) is 18.2 Å². The van der Waals surface area contributed by atoms with Crippen LogP contribution in [-0.2, 0) is 11.2 Å². The van der Waals surface area contributed by atoms with Crippen LogP contribution < -0.4 is 16.0 Å². The summed E-state index contributed by atoms with van der Waals surface area (Å²) in [7, 11) is 1.67. The summed E-state index contributed by atoms with van der Waals surface area (Å²) < 4.78 is 5.63. The third-order valence-corrected chi connectivity index (χ3v) is 5.27. The minimum absolute atomic E-state index is 0. The molecule has 0 spiro atoms. The summed E-state index contributed by atoms with van der Waals surface area (Å²) in [5.41, 5.74) is 1.94. The first-order valence-electron chi connectivity index (χ1n) is 9.13. The molecular weight excluding hydrogens is 338 g/mol. The van der Waals surface area contributed by atoms with E-state index in [1.54, 1.807) is 7.05 Å². The van der Waals surface area contributed by atoms with Gasteiger partial charge < -0.3 is 20.7 Å². The van der Waals surface area contributed by atoms with Crippen LogP contribution in [0.4, 0.5) is 0 Å². The number of hydrogen-bond donors (Lipinski definition) is 3. The third-order valence-electron chi connectivity index (χ3n) is 5.27. The standard InChI is InChI=1S/C19H29N3O2.ClH/c1-20-19(23)15-5-2-4-14(12-15)8-9-21-17-7-3-6-16(17)18-13-24-11-10-22-18;/h2,4-5,12,16-18,21-22H,3,6-11,13H2,1H3,(H,20,23);1H. The van der Waals surface area contributed by atoms with Crippen molar-refractivity contribution in [2.24, 2.45) is 5.92 Å². The van der Waals surface area contributed by atoms with E-state index in [-0.39, 0.29) is 18.3 Å². The highest BCUT2D eigenvalue weighted by atomic mass is 35.5. The molecule has 0 aromatic heterocycles. The fourth-order valence-electron chi connectivity index (χ4n) is 4.00. The van der Waals surface area contributed by atoms with Crippen LogP contribution in [0.25, 0.3) is 0 Å². The number of morpholine rings is 1. The molecule has 2 aliphatic rings. The van der Waals surface area contributed by atoms with E-state index in [4.69, 9.17) is 4.74 Å². The lowest BCUT2D eigenvalue weighted by Gasteiger charge is -2.33. The molecule has 2 fully saturated rings. The topological polar surface area (TPSA) is 62.4 Å². The highest BCUT2D eigenvalue weighted by Gasteiger charge is 2.34. The van der Waals surface area contributed by atoms with Gasteiger partial charge in [-0.3, -0.25) is 4.79 Å². The van der Waals surface area contributed by atoms with Crippen LogP contribution in [0.2, 0.25) is 0 Å². The summed E-state index contributed by atoms with van der Waals surface area (Å²) in [6, 6.07) is 8.97. The Kier molecular flexibility index (Phi) is 8.16. The van der Waals surface area contributed by atoms with Crippen molar-refractivity contribution in [3.8, 4) is 0 Å². The third kappa shape index (κ3) is 5.42. The smallest absolute Gasteiger partial charge is 0.251 e. The Balaban J connectivity index is 0.00000225. The van der Waals surface area contributed by atoms with Crippen LogP contribution in [0.5, 0.6) is 0 Å². The van der Waals surface area contributed by atoms with E-state index in [2.05, 4.69) is 22.0 Å². The van der Waals surface area contributed by atoms with Gasteiger partial charge in [-0.15, -0.1) is 12.4 Å². The van der Waals surface area contributed by atoms with Gasteiger partial charge in [-0.05, 0) is 49.4 Å². The quantitative estimate of drug-likeness (QED) is 0.717. The second kappa shape index (κ2) is 10.1. The molecule has 1 aliphatic carbocycles. The van der Waals surface area contributed by atoms with Crippen LogP contribution in [0, 0.1) is 5.92 Å². The first-order chi connectivity index (χ1) is 11.8. The first kappa shape index (κ1) is 20.2. The number of benzene rings is 1. The molecule has 0 bridgehead atoms. The molecule has 1 amide bonds. The highest BCUT2D eigenvalue weighted by Crippen LogP contribution is 2.29. The van der Waals surface area contributed by atoms with Gasteiger partial charge in [0.15, 0.2) is 0 Å². The molecule has 3 rings (SSSR count). The van der Waals surface area contributed by atoms with Crippen LogP contribution in [0.1, 0.15) is 35.2 Å². The Morgan fingerprint density at radius 2 is 2.24 bits per heavy atom. The molecule has 0 radical (unpaired) electrons. The predicted molar refractivity (Wildman–Crippen MR) is 103 cm³/mol. The number of rotatable bonds is 6. The van der Waals surface area contributed by atoms with Gasteiger partial charge in [0.1, 0.15) is 0 Å². The minimum atomic E-state index is -0.0240. The molecule has 1 heterocycles. The average Bonchev–Trinajstić information content (AvgIpc) is 3.10. The molecule has 140 valence electrons. The van der Waals surface area contributed by atoms with E-state index in [0.717, 1.165) is 38.3 Å². The molecule has 3 N–H and O–H groups in total. The van der Waals surface area contributed by atoms with Gasteiger partial charge in [0.2, 0.25) is 0 Å². The van der Waals surface area contributed by atoms with Crippen molar-refractivity contribution in [2.45, 2.75) is 37.8 Å². The zero-order valence-electron chi connectivity index (χ0n) is 14.9. The lowest BCUT2D eigenvalue weighted by atomic mass is 9.94. The number of hydrogen-bond acceptors (Lipinski definition) is 4. The second-order valence-corrected chi connectivity index (χ2v) is 6.82. The molecule has 3 atom stereocenters. The normalized spacial score (nSPS) is 26.0. The summed E-state index contributed by atoms with van der Waals surface area (Å²) in [6.07, 6.45) is 4.78. The van der Waals surface area contributed by atoms with Crippen LogP contribution in [0.3, 0.4) is 0 Å². The molecule has 1 aromatic rings. The number of nitrogens with one attached hydrogen (secondary N) is 3. The number of carbonyl (C=O) groups excluding carboxylic acids is 1. The van der Waals surface area contributed by atoms with E-state index >= 15 is 0 Å². The van der Waals surface area contributed by atoms with Crippen molar-refractivity contribution in [1.82, 2.24) is 16.0 Å². The lowest BCUT2D eigenvalue weighted by molar-refractivity contribution is 0.0526. The molecule has 1 saturated carbocycles. The zero-order chi connectivity index (χ0) is 16.8. The number of halogens is 1. The fraction of sp³-hybridized carbons (Fsp3) is 0.632. The average molecular weight is 368 g/mol. The SMILES string of the molecule is CNC(=O)c1cccc(CCNC2CCCC2C2COCCN2)c1.Cl. The first-order valence-corrected chi connectivity index (χ1v) is 9.13. The maximum atomic E-state index is 11.7. The summed E-state index contributed by atoms with van der Waals surface area (Å²) in [6.45, 7) is 3.60. The van der Waals surface area contributed by atoms with E-state index in [9.17, 15) is 4.79 Å². The largest absolute Gasteiger partial charge is 0.379 e. The number of ether oxygens (including phenoxy) is 1. The Morgan fingerprint density at radius 1 is 1.36 bits per heavy atom. The molecule has 3 unspecified atom stereocenters. The molecule has 5 nitrogen and oxygen atoms in total. The van der Waals surface area contributed by atoms with E-state index < -0.39 is 0 Å². The number of carbonyl (C=O) groups is 1. The second-order valence-electron chi connectivity index (χ2n) is 6.82. The summed E-state index contributed by atoms with van der Waals surface area (Å²) >= 11 is 0. The number of amides is 1. The van der Waals surface area contributed by atoms with Gasteiger partial charge in [-0.25, -0.2) is 0 Å². The van der Waals surface area contributed by atoms with Gasteiger partial charge in [0.05, 0.1) is 13.2 Å². The molecule has 1 aliphatic heterocycles. The van der Waals surface area contributed by atoms with Gasteiger partial charge in [0, 0.05) is 31.2 Å². The van der Waals surface area contributed by atoms with Crippen LogP contribution in [-0.4, -0.2) is 51.3 Å². The van der Waals surface area contributed by atoms with Gasteiger partial charge in [0.25, 0.3) is 5.91 Å². The predicted octanol–water partition coefficient (Wildman–Crippen LogP) is 1.76. The van der Waals surface area contributed by atoms with Crippen molar-refractivity contribution < 1.29 is 9.53 Å². The van der Waals surface area contributed by atoms with Gasteiger partial charge in [-0.1, -0.05) is 18.6 Å². The Bertz CT molecular complexity index is 549. The van der Waals surface area contributed by atoms with Crippen molar-refractivity contribution in [3.05, 3.63) is 35.4 Å². The van der Waals surface area contributed by atoms with E-state index in [1.165, 1.54) is 24.8 Å². The maximum absolute atomic E-state index is 11.7. The maximum Gasteiger partial charge on any atom is 0.251 e. The Labute approximate surface area is 156 Å². The van der Waals surface area contributed by atoms with Crippen molar-refractivity contribution in [3.63, 3.8) is 0 Å². The van der Waals surface area contributed by atoms with Crippen molar-refractivity contribution in [2.75, 3.05) is 33.4 Å². The fourth-order valence-corrected chi connectivity index (χ4v) is 4.00. The molecule has 25 heavy (non-hydrogen) atoms. The zero-order valence-corrected chi connectivity index (χ0v) is 15.7. The Morgan fingerprint density at radius 3 is 3.00 bits per heavy atom. The molecule has 6 heteroatoms. The molecule has 1 saturated heterocycles. The Hall–Kier alpha value is -1.14. The van der Waals surface area contributed by atoms with Crippen molar-refractivity contribution >= 4 is 18.3 Å². The van der Waals surface area contributed by atoms with Gasteiger partial charge in [-0.2, -0.15) is 0 Å². The van der Waals surface area contributed by atoms with E-state index in [0.29, 0.717) is 18.0 Å². The van der Waals surface area contributed by atoms with Crippen molar-refractivity contribution in [1.29, 1.82) is 0 Å². The summed E-state index contributed by atoms with van der Waals surface area (Å²) in [4.78, 5) is 11.7. The molecular formula is C19H30ClN3O2. The van der Waals surface area contributed by atoms with Crippen LogP contribution >= 0.6 is 12.4 Å².